The van der Waals surface area contributed by atoms with E-state index in [2.05, 4.69) is 0 Å². The molecule has 0 atom stereocenters. The van der Waals surface area contributed by atoms with Crippen LogP contribution < -0.4 is 4.74 Å². The minimum Gasteiger partial charge on any atom is -0.507 e. The van der Waals surface area contributed by atoms with Gasteiger partial charge in [0.05, 0.1) is 12.7 Å². The monoisotopic (exact) mass is 256 g/mol. The SMILES string of the molecule is COc1cccc(CCC(=O)c2ccccc2O)c1. The predicted octanol–water partition coefficient (Wildman–Crippen LogP) is 3.22. The Morgan fingerprint density at radius 1 is 1.16 bits per heavy atom. The lowest BCUT2D eigenvalue weighted by Gasteiger charge is -2.05. The second kappa shape index (κ2) is 6.05. The summed E-state index contributed by atoms with van der Waals surface area (Å²) in [4.78, 5) is 12.0. The van der Waals surface area contributed by atoms with Crippen LogP contribution >= 0.6 is 0 Å². The summed E-state index contributed by atoms with van der Waals surface area (Å²) in [5.74, 6) is 0.770. The second-order valence-electron chi connectivity index (χ2n) is 4.29. The maximum Gasteiger partial charge on any atom is 0.166 e. The van der Waals surface area contributed by atoms with Gasteiger partial charge in [-0.25, -0.2) is 0 Å². The molecule has 0 radical (unpaired) electrons. The Hall–Kier alpha value is -2.29. The molecule has 0 bridgehead atoms. The van der Waals surface area contributed by atoms with Gasteiger partial charge in [0.15, 0.2) is 5.78 Å². The summed E-state index contributed by atoms with van der Waals surface area (Å²) in [5, 5.41) is 9.62. The summed E-state index contributed by atoms with van der Waals surface area (Å²) in [5.41, 5.74) is 1.42. The van der Waals surface area contributed by atoms with E-state index >= 15 is 0 Å². The van der Waals surface area contributed by atoms with Crippen LogP contribution in [0.4, 0.5) is 0 Å². The summed E-state index contributed by atoms with van der Waals surface area (Å²) in [7, 11) is 1.62. The van der Waals surface area contributed by atoms with Gasteiger partial charge in [0.1, 0.15) is 11.5 Å². The highest BCUT2D eigenvalue weighted by molar-refractivity contribution is 5.98. The van der Waals surface area contributed by atoms with Gasteiger partial charge >= 0.3 is 0 Å². The second-order valence-corrected chi connectivity index (χ2v) is 4.29. The average Bonchev–Trinajstić information content (AvgIpc) is 2.45. The van der Waals surface area contributed by atoms with Gasteiger partial charge in [-0.1, -0.05) is 24.3 Å². The number of ether oxygens (including phenoxy) is 1. The van der Waals surface area contributed by atoms with Crippen LogP contribution in [0.3, 0.4) is 0 Å². The molecule has 0 aromatic heterocycles. The number of carbonyl (C=O) groups excluding carboxylic acids is 1. The van der Waals surface area contributed by atoms with E-state index in [0.29, 0.717) is 18.4 Å². The van der Waals surface area contributed by atoms with Crippen LogP contribution in [0.2, 0.25) is 0 Å². The number of phenolic OH excluding ortho intramolecular Hbond substituents is 1. The normalized spacial score (nSPS) is 10.2. The van der Waals surface area contributed by atoms with E-state index in [4.69, 9.17) is 4.74 Å². The minimum absolute atomic E-state index is 0.0399. The number of phenols is 1. The van der Waals surface area contributed by atoms with Crippen molar-refractivity contribution in [3.05, 3.63) is 59.7 Å². The third-order valence-electron chi connectivity index (χ3n) is 2.98. The lowest BCUT2D eigenvalue weighted by molar-refractivity contribution is 0.0980. The van der Waals surface area contributed by atoms with E-state index in [1.807, 2.05) is 24.3 Å². The van der Waals surface area contributed by atoms with Crippen LogP contribution in [0, 0.1) is 0 Å². The molecular weight excluding hydrogens is 240 g/mol. The Bertz CT molecular complexity index is 576. The molecule has 0 spiro atoms. The largest absolute Gasteiger partial charge is 0.507 e. The van der Waals surface area contributed by atoms with Gasteiger partial charge in [0, 0.05) is 6.42 Å². The number of carbonyl (C=O) groups is 1. The Morgan fingerprint density at radius 3 is 2.68 bits per heavy atom. The van der Waals surface area contributed by atoms with E-state index in [-0.39, 0.29) is 11.5 Å². The zero-order chi connectivity index (χ0) is 13.7. The lowest BCUT2D eigenvalue weighted by Crippen LogP contribution is -2.01. The van der Waals surface area contributed by atoms with Gasteiger partial charge < -0.3 is 9.84 Å². The number of aryl methyl sites for hydroxylation is 1. The fourth-order valence-electron chi connectivity index (χ4n) is 1.93. The van der Waals surface area contributed by atoms with Crippen LogP contribution in [0.15, 0.2) is 48.5 Å². The number of benzene rings is 2. The van der Waals surface area contributed by atoms with Crippen molar-refractivity contribution in [1.29, 1.82) is 0 Å². The van der Waals surface area contributed by atoms with Crippen molar-refractivity contribution in [3.8, 4) is 11.5 Å². The molecule has 3 heteroatoms. The molecule has 0 aliphatic carbocycles. The molecule has 0 aliphatic heterocycles. The fraction of sp³-hybridized carbons (Fsp3) is 0.188. The number of hydrogen-bond donors (Lipinski definition) is 1. The number of Topliss-reactive ketones (excluding diaryl/α,β-unsaturated/α-hetero) is 1. The van der Waals surface area contributed by atoms with Crippen molar-refractivity contribution in [2.24, 2.45) is 0 Å². The van der Waals surface area contributed by atoms with Crippen molar-refractivity contribution in [2.75, 3.05) is 7.11 Å². The number of hydrogen-bond acceptors (Lipinski definition) is 3. The minimum atomic E-state index is -0.0547. The molecule has 98 valence electrons. The predicted molar refractivity (Wildman–Crippen MR) is 73.8 cm³/mol. The number of rotatable bonds is 5. The van der Waals surface area contributed by atoms with Crippen molar-refractivity contribution in [1.82, 2.24) is 0 Å². The van der Waals surface area contributed by atoms with E-state index in [1.165, 1.54) is 6.07 Å². The van der Waals surface area contributed by atoms with Crippen molar-refractivity contribution < 1.29 is 14.6 Å². The van der Waals surface area contributed by atoms with E-state index in [9.17, 15) is 9.90 Å². The topological polar surface area (TPSA) is 46.5 Å². The van der Waals surface area contributed by atoms with E-state index in [1.54, 1.807) is 25.3 Å². The van der Waals surface area contributed by atoms with Gasteiger partial charge in [-0.15, -0.1) is 0 Å². The molecule has 3 nitrogen and oxygen atoms in total. The first kappa shape index (κ1) is 13.1. The maximum absolute atomic E-state index is 12.0. The molecule has 2 rings (SSSR count). The highest BCUT2D eigenvalue weighted by Gasteiger charge is 2.10. The molecule has 0 unspecified atom stereocenters. The Morgan fingerprint density at radius 2 is 1.95 bits per heavy atom. The number of aromatic hydroxyl groups is 1. The first-order valence-electron chi connectivity index (χ1n) is 6.15. The molecule has 19 heavy (non-hydrogen) atoms. The van der Waals surface area contributed by atoms with Gasteiger partial charge in [-0.05, 0) is 36.2 Å². The molecule has 0 amide bonds. The smallest absolute Gasteiger partial charge is 0.166 e. The van der Waals surface area contributed by atoms with Gasteiger partial charge in [-0.3, -0.25) is 4.79 Å². The molecule has 2 aromatic rings. The number of ketones is 1. The van der Waals surface area contributed by atoms with Gasteiger partial charge in [0.25, 0.3) is 0 Å². The van der Waals surface area contributed by atoms with Crippen LogP contribution in [-0.4, -0.2) is 18.0 Å². The first-order valence-corrected chi connectivity index (χ1v) is 6.15. The summed E-state index contributed by atoms with van der Waals surface area (Å²) in [6.07, 6.45) is 0.995. The van der Waals surface area contributed by atoms with Gasteiger partial charge in [0.2, 0.25) is 0 Å². The summed E-state index contributed by atoms with van der Waals surface area (Å²) in [6, 6.07) is 14.3. The van der Waals surface area contributed by atoms with Crippen LogP contribution in [0.25, 0.3) is 0 Å². The molecule has 0 saturated heterocycles. The van der Waals surface area contributed by atoms with E-state index < -0.39 is 0 Å². The maximum atomic E-state index is 12.0. The molecule has 2 aromatic carbocycles. The lowest BCUT2D eigenvalue weighted by atomic mass is 10.0. The van der Waals surface area contributed by atoms with Crippen LogP contribution in [0.1, 0.15) is 22.3 Å². The Kier molecular flexibility index (Phi) is 4.18. The van der Waals surface area contributed by atoms with Crippen molar-refractivity contribution >= 4 is 5.78 Å². The summed E-state index contributed by atoms with van der Waals surface area (Å²) < 4.78 is 5.14. The van der Waals surface area contributed by atoms with E-state index in [0.717, 1.165) is 11.3 Å². The van der Waals surface area contributed by atoms with Crippen LogP contribution in [0.5, 0.6) is 11.5 Å². The van der Waals surface area contributed by atoms with Crippen molar-refractivity contribution in [3.63, 3.8) is 0 Å². The number of para-hydroxylation sites is 1. The molecule has 1 N–H and O–H groups in total. The quantitative estimate of drug-likeness (QED) is 0.835. The molecule has 0 fully saturated rings. The van der Waals surface area contributed by atoms with Crippen molar-refractivity contribution in [2.45, 2.75) is 12.8 Å². The third-order valence-corrected chi connectivity index (χ3v) is 2.98. The first-order chi connectivity index (χ1) is 9.20. The van der Waals surface area contributed by atoms with Crippen LogP contribution in [-0.2, 0) is 6.42 Å². The average molecular weight is 256 g/mol. The summed E-state index contributed by atoms with van der Waals surface area (Å²) >= 11 is 0. The standard InChI is InChI=1S/C16H16O3/c1-19-13-6-4-5-12(11-13)9-10-16(18)14-7-2-3-8-15(14)17/h2-8,11,17H,9-10H2,1H3. The Labute approximate surface area is 112 Å². The molecule has 0 heterocycles. The fourth-order valence-corrected chi connectivity index (χ4v) is 1.93. The zero-order valence-corrected chi connectivity index (χ0v) is 10.8. The zero-order valence-electron chi connectivity index (χ0n) is 10.8. The van der Waals surface area contributed by atoms with Gasteiger partial charge in [-0.2, -0.15) is 0 Å². The Balaban J connectivity index is 2.02. The molecular formula is C16H16O3. The molecule has 0 saturated carbocycles. The number of methoxy groups -OCH3 is 1. The summed E-state index contributed by atoms with van der Waals surface area (Å²) in [6.45, 7) is 0. The highest BCUT2D eigenvalue weighted by atomic mass is 16.5. The highest BCUT2D eigenvalue weighted by Crippen LogP contribution is 2.19. The third kappa shape index (κ3) is 3.35. The molecule has 0 aliphatic rings.